The van der Waals surface area contributed by atoms with Crippen LogP contribution in [0.1, 0.15) is 50.5 Å². The number of piperidine rings is 1. The third-order valence-electron chi connectivity index (χ3n) is 6.48. The maximum absolute atomic E-state index is 13.6. The van der Waals surface area contributed by atoms with E-state index in [-0.39, 0.29) is 40.9 Å². The molecule has 2 heterocycles. The summed E-state index contributed by atoms with van der Waals surface area (Å²) in [5, 5.41) is 11.4. The number of non-ortho nitro benzene ring substituents is 1. The Labute approximate surface area is 227 Å². The van der Waals surface area contributed by atoms with Gasteiger partial charge in [0.1, 0.15) is 6.10 Å². The summed E-state index contributed by atoms with van der Waals surface area (Å²) in [5.41, 5.74) is 2.49. The summed E-state index contributed by atoms with van der Waals surface area (Å²) in [7, 11) is 1.24. The van der Waals surface area contributed by atoms with Crippen LogP contribution < -0.4 is 0 Å². The molecular weight excluding hydrogens is 510 g/mol. The number of carbonyl (C=O) groups excluding carboxylic acids is 2. The van der Waals surface area contributed by atoms with Crippen LogP contribution in [-0.4, -0.2) is 53.0 Å². The maximum Gasteiger partial charge on any atom is 0.340 e. The predicted molar refractivity (Wildman–Crippen MR) is 145 cm³/mol. The van der Waals surface area contributed by atoms with E-state index in [0.717, 1.165) is 19.5 Å². The number of esters is 2. The first-order valence-electron chi connectivity index (χ1n) is 12.1. The molecule has 0 radical (unpaired) electrons. The van der Waals surface area contributed by atoms with Crippen LogP contribution in [0.2, 0.25) is 0 Å². The number of nitro groups is 1. The lowest BCUT2D eigenvalue weighted by Crippen LogP contribution is -2.40. The number of hydrogen-bond acceptors (Lipinski definition) is 8. The Morgan fingerprint density at radius 3 is 2.39 bits per heavy atom. The second kappa shape index (κ2) is 12.6. The molecule has 1 unspecified atom stereocenters. The molecule has 1 atom stereocenters. The fraction of sp³-hybridized carbons (Fsp3) is 0.321. The molecule has 9 nitrogen and oxygen atoms in total. The van der Waals surface area contributed by atoms with E-state index >= 15 is 0 Å². The van der Waals surface area contributed by atoms with Crippen LogP contribution in [-0.2, 0) is 16.0 Å². The third kappa shape index (κ3) is 6.35. The summed E-state index contributed by atoms with van der Waals surface area (Å²) in [6.45, 7) is 5.53. The van der Waals surface area contributed by atoms with Gasteiger partial charge in [-0.25, -0.2) is 9.59 Å². The Morgan fingerprint density at radius 2 is 1.74 bits per heavy atom. The van der Waals surface area contributed by atoms with E-state index in [1.807, 2.05) is 18.2 Å². The number of aryl methyl sites for hydroxylation is 2. The summed E-state index contributed by atoms with van der Waals surface area (Å²) >= 11 is 0. The van der Waals surface area contributed by atoms with Crippen molar-refractivity contribution in [1.82, 2.24) is 9.88 Å². The summed E-state index contributed by atoms with van der Waals surface area (Å²) in [6, 6.07) is 15.9. The molecular formula is C28H30ClN3O6. The van der Waals surface area contributed by atoms with Gasteiger partial charge in [-0.2, -0.15) is 0 Å². The van der Waals surface area contributed by atoms with Gasteiger partial charge in [-0.1, -0.05) is 42.5 Å². The Bertz CT molecular complexity index is 1330. The van der Waals surface area contributed by atoms with Gasteiger partial charge in [-0.15, -0.1) is 12.4 Å². The lowest BCUT2D eigenvalue weighted by Gasteiger charge is -2.32. The average molecular weight is 540 g/mol. The lowest BCUT2D eigenvalue weighted by atomic mass is 9.92. The predicted octanol–water partition coefficient (Wildman–Crippen LogP) is 5.30. The highest BCUT2D eigenvalue weighted by Gasteiger charge is 2.31. The number of pyridine rings is 1. The molecule has 38 heavy (non-hydrogen) atoms. The molecule has 2 aromatic carbocycles. The number of methoxy groups -OCH3 is 1. The first kappa shape index (κ1) is 28.7. The van der Waals surface area contributed by atoms with Crippen molar-refractivity contribution in [2.24, 2.45) is 0 Å². The Morgan fingerprint density at radius 1 is 1.05 bits per heavy atom. The van der Waals surface area contributed by atoms with Gasteiger partial charge in [0.05, 0.1) is 34.5 Å². The molecule has 1 aliphatic heterocycles. The van der Waals surface area contributed by atoms with Crippen molar-refractivity contribution in [3.63, 3.8) is 0 Å². The highest BCUT2D eigenvalue weighted by molar-refractivity contribution is 6.07. The molecule has 1 fully saturated rings. The fourth-order valence-corrected chi connectivity index (χ4v) is 4.82. The topological polar surface area (TPSA) is 112 Å². The minimum absolute atomic E-state index is 0. The van der Waals surface area contributed by atoms with Gasteiger partial charge in [0.25, 0.3) is 5.69 Å². The monoisotopic (exact) mass is 539 g/mol. The number of likely N-dealkylation sites (tertiary alicyclic amines) is 1. The minimum atomic E-state index is -0.688. The fourth-order valence-electron chi connectivity index (χ4n) is 4.82. The van der Waals surface area contributed by atoms with Crippen LogP contribution in [0.4, 0.5) is 5.69 Å². The van der Waals surface area contributed by atoms with Crippen LogP contribution in [0.5, 0.6) is 0 Å². The summed E-state index contributed by atoms with van der Waals surface area (Å²) in [6.07, 6.45) is 1.25. The molecule has 1 aliphatic rings. The zero-order valence-corrected chi connectivity index (χ0v) is 22.3. The van der Waals surface area contributed by atoms with Gasteiger partial charge in [-0.3, -0.25) is 20.0 Å². The van der Waals surface area contributed by atoms with Gasteiger partial charge in [0.15, 0.2) is 0 Å². The van der Waals surface area contributed by atoms with Gasteiger partial charge in [0.2, 0.25) is 0 Å². The van der Waals surface area contributed by atoms with Crippen molar-refractivity contribution in [3.05, 3.63) is 92.8 Å². The van der Waals surface area contributed by atoms with Gasteiger partial charge >= 0.3 is 11.9 Å². The van der Waals surface area contributed by atoms with E-state index in [4.69, 9.17) is 9.47 Å². The zero-order valence-electron chi connectivity index (χ0n) is 21.5. The van der Waals surface area contributed by atoms with Crippen molar-refractivity contribution in [2.75, 3.05) is 20.2 Å². The standard InChI is InChI=1S/C28H29N3O6.ClH/c1-18-24(27(32)36-3)26(21-11-7-12-22(15-21)31(34)35)25(19(2)29-18)28(33)37-23-13-8-14-30(17-23)16-20-9-5-4-6-10-20;/h4-7,9-12,15,23H,8,13-14,16-17H2,1-3H3;1H. The maximum atomic E-state index is 13.6. The van der Waals surface area contributed by atoms with Crippen LogP contribution in [0.25, 0.3) is 11.1 Å². The van der Waals surface area contributed by atoms with Crippen LogP contribution in [0, 0.1) is 24.0 Å². The number of nitrogens with zero attached hydrogens (tertiary/aromatic N) is 3. The first-order chi connectivity index (χ1) is 17.8. The number of rotatable bonds is 7. The third-order valence-corrected chi connectivity index (χ3v) is 6.48. The number of halogens is 1. The Kier molecular flexibility index (Phi) is 9.55. The number of aromatic nitrogens is 1. The molecule has 3 aromatic rings. The van der Waals surface area contributed by atoms with E-state index in [0.29, 0.717) is 29.9 Å². The van der Waals surface area contributed by atoms with E-state index in [1.54, 1.807) is 19.9 Å². The second-order valence-electron chi connectivity index (χ2n) is 9.10. The Balaban J connectivity index is 0.00000400. The smallest absolute Gasteiger partial charge is 0.340 e. The highest BCUT2D eigenvalue weighted by Crippen LogP contribution is 2.34. The minimum Gasteiger partial charge on any atom is -0.465 e. The molecule has 0 amide bonds. The van der Waals surface area contributed by atoms with E-state index in [2.05, 4.69) is 22.0 Å². The molecule has 0 saturated carbocycles. The lowest BCUT2D eigenvalue weighted by molar-refractivity contribution is -0.384. The molecule has 0 bridgehead atoms. The van der Waals surface area contributed by atoms with Crippen molar-refractivity contribution in [3.8, 4) is 11.1 Å². The zero-order chi connectivity index (χ0) is 26.5. The molecule has 4 rings (SSSR count). The van der Waals surface area contributed by atoms with Gasteiger partial charge < -0.3 is 9.47 Å². The molecule has 0 aliphatic carbocycles. The van der Waals surface area contributed by atoms with Gasteiger partial charge in [-0.05, 0) is 44.4 Å². The van der Waals surface area contributed by atoms with Crippen molar-refractivity contribution in [2.45, 2.75) is 39.3 Å². The number of ether oxygens (including phenoxy) is 2. The number of hydrogen-bond donors (Lipinski definition) is 0. The highest BCUT2D eigenvalue weighted by atomic mass is 35.5. The first-order valence-corrected chi connectivity index (χ1v) is 12.1. The van der Waals surface area contributed by atoms with Crippen LogP contribution in [0.3, 0.4) is 0 Å². The van der Waals surface area contributed by atoms with E-state index < -0.39 is 16.9 Å². The molecule has 200 valence electrons. The molecule has 0 spiro atoms. The van der Waals surface area contributed by atoms with E-state index in [9.17, 15) is 19.7 Å². The number of nitro benzene ring substituents is 1. The van der Waals surface area contributed by atoms with Crippen molar-refractivity contribution >= 4 is 30.0 Å². The Hall–Kier alpha value is -3.82. The van der Waals surface area contributed by atoms with Crippen molar-refractivity contribution in [1.29, 1.82) is 0 Å². The SMILES string of the molecule is COC(=O)c1c(C)nc(C)c(C(=O)OC2CCCN(Cc3ccccc3)C2)c1-c1cccc([N+](=O)[O-])c1.Cl. The summed E-state index contributed by atoms with van der Waals surface area (Å²) in [4.78, 5) is 44.0. The average Bonchev–Trinajstić information content (AvgIpc) is 2.88. The number of carbonyl (C=O) groups is 2. The molecule has 0 N–H and O–H groups in total. The largest absolute Gasteiger partial charge is 0.465 e. The van der Waals surface area contributed by atoms with Crippen molar-refractivity contribution < 1.29 is 24.0 Å². The molecule has 1 aromatic heterocycles. The summed E-state index contributed by atoms with van der Waals surface area (Å²) < 4.78 is 10.9. The quantitative estimate of drug-likeness (QED) is 0.226. The van der Waals surface area contributed by atoms with Crippen LogP contribution in [0.15, 0.2) is 54.6 Å². The van der Waals surface area contributed by atoms with Gasteiger partial charge in [0, 0.05) is 30.8 Å². The molecule has 1 saturated heterocycles. The summed E-state index contributed by atoms with van der Waals surface area (Å²) in [5.74, 6) is -1.31. The normalized spacial score (nSPS) is 15.3. The second-order valence-corrected chi connectivity index (χ2v) is 9.10. The van der Waals surface area contributed by atoms with E-state index in [1.165, 1.54) is 30.9 Å². The van der Waals surface area contributed by atoms with Crippen LogP contribution >= 0.6 is 12.4 Å². The molecule has 10 heteroatoms. The number of benzene rings is 2.